The molecule has 0 aliphatic carbocycles. The van der Waals surface area contributed by atoms with Crippen LogP contribution in [0.15, 0.2) is 24.3 Å². The summed E-state index contributed by atoms with van der Waals surface area (Å²) in [6, 6.07) is 8.72. The SMILES string of the molecule is Cc1ccc(C(CNC(=O)[C@@H]2CCCN2)N(C)C)cc1.Cl. The molecule has 0 aromatic heterocycles. The van der Waals surface area contributed by atoms with E-state index in [1.54, 1.807) is 0 Å². The second kappa shape index (κ2) is 8.37. The van der Waals surface area contributed by atoms with Gasteiger partial charge in [0.25, 0.3) is 0 Å². The van der Waals surface area contributed by atoms with E-state index in [1.165, 1.54) is 11.1 Å². The third-order valence-corrected chi connectivity index (χ3v) is 3.93. The molecule has 4 nitrogen and oxygen atoms in total. The standard InChI is InChI=1S/C16H25N3O.ClH/c1-12-6-8-13(9-7-12)15(19(2)3)11-18-16(20)14-5-4-10-17-14;/h6-9,14-15,17H,4-5,10-11H2,1-3H3,(H,18,20);1H/t14-,15?;/m0./s1. The quantitative estimate of drug-likeness (QED) is 0.873. The van der Waals surface area contributed by atoms with Crippen LogP contribution in [0, 0.1) is 6.92 Å². The molecular weight excluding hydrogens is 286 g/mol. The van der Waals surface area contributed by atoms with Crippen molar-refractivity contribution < 1.29 is 4.79 Å². The number of carbonyl (C=O) groups is 1. The molecule has 21 heavy (non-hydrogen) atoms. The predicted octanol–water partition coefficient (Wildman–Crippen LogP) is 1.89. The van der Waals surface area contributed by atoms with Gasteiger partial charge in [0.05, 0.1) is 12.1 Å². The highest BCUT2D eigenvalue weighted by Gasteiger charge is 2.23. The van der Waals surface area contributed by atoms with Crippen molar-refractivity contribution >= 4 is 18.3 Å². The van der Waals surface area contributed by atoms with E-state index in [0.29, 0.717) is 6.54 Å². The number of hydrogen-bond acceptors (Lipinski definition) is 3. The Bertz CT molecular complexity index is 441. The normalized spacial score (nSPS) is 19.1. The average Bonchev–Trinajstić information content (AvgIpc) is 2.94. The summed E-state index contributed by atoms with van der Waals surface area (Å²) in [4.78, 5) is 14.2. The Morgan fingerprint density at radius 2 is 2.05 bits per heavy atom. The van der Waals surface area contributed by atoms with Crippen molar-refractivity contribution in [2.75, 3.05) is 27.2 Å². The van der Waals surface area contributed by atoms with Gasteiger partial charge < -0.3 is 15.5 Å². The van der Waals surface area contributed by atoms with Crippen LogP contribution in [0.3, 0.4) is 0 Å². The van der Waals surface area contributed by atoms with Gasteiger partial charge in [-0.3, -0.25) is 4.79 Å². The van der Waals surface area contributed by atoms with E-state index in [2.05, 4.69) is 46.7 Å². The fourth-order valence-electron chi connectivity index (χ4n) is 2.62. The molecule has 0 bridgehead atoms. The predicted molar refractivity (Wildman–Crippen MR) is 88.9 cm³/mol. The summed E-state index contributed by atoms with van der Waals surface area (Å²) in [7, 11) is 4.09. The second-order valence-corrected chi connectivity index (χ2v) is 5.78. The van der Waals surface area contributed by atoms with E-state index >= 15 is 0 Å². The van der Waals surface area contributed by atoms with Gasteiger partial charge in [-0.25, -0.2) is 0 Å². The molecule has 1 aromatic rings. The molecule has 0 spiro atoms. The fraction of sp³-hybridized carbons (Fsp3) is 0.562. The van der Waals surface area contributed by atoms with Crippen molar-refractivity contribution in [3.8, 4) is 0 Å². The summed E-state index contributed by atoms with van der Waals surface area (Å²) < 4.78 is 0. The van der Waals surface area contributed by atoms with Crippen molar-refractivity contribution in [3.05, 3.63) is 35.4 Å². The Hall–Kier alpha value is -1.10. The highest BCUT2D eigenvalue weighted by molar-refractivity contribution is 5.85. The molecule has 5 heteroatoms. The molecular formula is C16H26ClN3O. The van der Waals surface area contributed by atoms with Crippen molar-refractivity contribution in [2.45, 2.75) is 31.8 Å². The number of amides is 1. The number of carbonyl (C=O) groups excluding carboxylic acids is 1. The zero-order valence-electron chi connectivity index (χ0n) is 13.1. The van der Waals surface area contributed by atoms with Crippen LogP contribution in [0.5, 0.6) is 0 Å². The number of likely N-dealkylation sites (N-methyl/N-ethyl adjacent to an activating group) is 1. The molecule has 1 amide bonds. The summed E-state index contributed by atoms with van der Waals surface area (Å²) >= 11 is 0. The summed E-state index contributed by atoms with van der Waals surface area (Å²) in [5.74, 6) is 0.126. The molecule has 2 rings (SSSR count). The number of aryl methyl sites for hydroxylation is 1. The van der Waals surface area contributed by atoms with Crippen molar-refractivity contribution in [3.63, 3.8) is 0 Å². The Morgan fingerprint density at radius 3 is 2.57 bits per heavy atom. The summed E-state index contributed by atoms with van der Waals surface area (Å²) in [6.45, 7) is 3.68. The molecule has 1 aliphatic rings. The van der Waals surface area contributed by atoms with Crippen LogP contribution in [-0.4, -0.2) is 44.0 Å². The minimum absolute atomic E-state index is 0. The number of nitrogens with zero attached hydrogens (tertiary/aromatic N) is 1. The number of benzene rings is 1. The number of hydrogen-bond donors (Lipinski definition) is 2. The lowest BCUT2D eigenvalue weighted by Gasteiger charge is -2.26. The Kier molecular flexibility index (Phi) is 7.15. The molecule has 1 aromatic carbocycles. The molecule has 0 saturated carbocycles. The summed E-state index contributed by atoms with van der Waals surface area (Å²) in [5.41, 5.74) is 2.49. The van der Waals surface area contributed by atoms with Crippen molar-refractivity contribution in [2.24, 2.45) is 0 Å². The molecule has 2 atom stereocenters. The molecule has 1 aliphatic heterocycles. The topological polar surface area (TPSA) is 44.4 Å². The first-order valence-corrected chi connectivity index (χ1v) is 7.32. The van der Waals surface area contributed by atoms with Gasteiger partial charge in [0.2, 0.25) is 5.91 Å². The molecule has 118 valence electrons. The van der Waals surface area contributed by atoms with Crippen LogP contribution in [0.4, 0.5) is 0 Å². The van der Waals surface area contributed by atoms with Gasteiger partial charge in [-0.1, -0.05) is 29.8 Å². The van der Waals surface area contributed by atoms with Crippen LogP contribution in [0.2, 0.25) is 0 Å². The van der Waals surface area contributed by atoms with Gasteiger partial charge in [-0.05, 0) is 46.0 Å². The first kappa shape index (κ1) is 18.0. The first-order valence-electron chi connectivity index (χ1n) is 7.32. The first-order chi connectivity index (χ1) is 9.58. The number of nitrogens with one attached hydrogen (secondary N) is 2. The largest absolute Gasteiger partial charge is 0.353 e. The van der Waals surface area contributed by atoms with Gasteiger partial charge in [0.1, 0.15) is 0 Å². The van der Waals surface area contributed by atoms with Crippen LogP contribution in [-0.2, 0) is 4.79 Å². The third kappa shape index (κ3) is 4.99. The van der Waals surface area contributed by atoms with E-state index in [9.17, 15) is 4.79 Å². The van der Waals surface area contributed by atoms with Crippen molar-refractivity contribution in [1.29, 1.82) is 0 Å². The van der Waals surface area contributed by atoms with Gasteiger partial charge in [0.15, 0.2) is 0 Å². The smallest absolute Gasteiger partial charge is 0.237 e. The minimum atomic E-state index is -0.00386. The van der Waals surface area contributed by atoms with E-state index in [-0.39, 0.29) is 30.4 Å². The average molecular weight is 312 g/mol. The Morgan fingerprint density at radius 1 is 1.38 bits per heavy atom. The van der Waals surface area contributed by atoms with Crippen LogP contribution in [0.25, 0.3) is 0 Å². The lowest BCUT2D eigenvalue weighted by molar-refractivity contribution is -0.123. The zero-order chi connectivity index (χ0) is 14.5. The van der Waals surface area contributed by atoms with E-state index < -0.39 is 0 Å². The summed E-state index contributed by atoms with van der Waals surface area (Å²) in [6.07, 6.45) is 2.04. The van der Waals surface area contributed by atoms with Gasteiger partial charge >= 0.3 is 0 Å². The Labute approximate surface area is 133 Å². The third-order valence-electron chi connectivity index (χ3n) is 3.93. The maximum Gasteiger partial charge on any atom is 0.237 e. The van der Waals surface area contributed by atoms with Crippen LogP contribution >= 0.6 is 12.4 Å². The molecule has 1 saturated heterocycles. The lowest BCUT2D eigenvalue weighted by Crippen LogP contribution is -2.43. The van der Waals surface area contributed by atoms with Crippen LogP contribution < -0.4 is 10.6 Å². The maximum atomic E-state index is 12.1. The maximum absolute atomic E-state index is 12.1. The minimum Gasteiger partial charge on any atom is -0.353 e. The van der Waals surface area contributed by atoms with Gasteiger partial charge in [-0.2, -0.15) is 0 Å². The van der Waals surface area contributed by atoms with Gasteiger partial charge in [-0.15, -0.1) is 12.4 Å². The van der Waals surface area contributed by atoms with Crippen LogP contribution in [0.1, 0.15) is 30.0 Å². The van der Waals surface area contributed by atoms with Crippen molar-refractivity contribution in [1.82, 2.24) is 15.5 Å². The summed E-state index contributed by atoms with van der Waals surface area (Å²) in [5, 5.41) is 6.31. The fourth-order valence-corrected chi connectivity index (χ4v) is 2.62. The van der Waals surface area contributed by atoms with E-state index in [1.807, 2.05) is 14.1 Å². The molecule has 1 fully saturated rings. The second-order valence-electron chi connectivity index (χ2n) is 5.78. The highest BCUT2D eigenvalue weighted by Crippen LogP contribution is 2.18. The molecule has 2 N–H and O–H groups in total. The van der Waals surface area contributed by atoms with E-state index in [4.69, 9.17) is 0 Å². The zero-order valence-corrected chi connectivity index (χ0v) is 13.9. The monoisotopic (exact) mass is 311 g/mol. The molecule has 0 radical (unpaired) electrons. The molecule has 1 unspecified atom stereocenters. The molecule has 1 heterocycles. The number of halogens is 1. The van der Waals surface area contributed by atoms with E-state index in [0.717, 1.165) is 19.4 Å². The Balaban J connectivity index is 0.00000220. The van der Waals surface area contributed by atoms with Gasteiger partial charge in [0, 0.05) is 6.54 Å². The number of rotatable bonds is 5. The highest BCUT2D eigenvalue weighted by atomic mass is 35.5. The lowest BCUT2D eigenvalue weighted by atomic mass is 10.0.